The standard InChI is InChI=1S/C13H19NO3S/c1-2-11(14-17)12-9-8-10(18-12)6-4-3-5-7-13(15)16/h8-9,17H,2-7H2,1H3,(H,15,16)/p-1/b14-11-. The molecule has 0 aliphatic carbocycles. The topological polar surface area (TPSA) is 72.7 Å². The summed E-state index contributed by atoms with van der Waals surface area (Å²) < 4.78 is 0. The molecule has 1 aromatic rings. The van der Waals surface area contributed by atoms with E-state index in [1.165, 1.54) is 4.88 Å². The van der Waals surface area contributed by atoms with Crippen LogP contribution in [-0.4, -0.2) is 16.9 Å². The van der Waals surface area contributed by atoms with Crippen LogP contribution in [0, 0.1) is 0 Å². The van der Waals surface area contributed by atoms with Gasteiger partial charge in [-0.2, -0.15) is 0 Å². The van der Waals surface area contributed by atoms with E-state index in [-0.39, 0.29) is 6.42 Å². The van der Waals surface area contributed by atoms with Gasteiger partial charge in [0.05, 0.1) is 10.6 Å². The third-order valence-corrected chi connectivity index (χ3v) is 3.90. The molecule has 0 aromatic carbocycles. The van der Waals surface area contributed by atoms with E-state index in [9.17, 15) is 9.90 Å². The minimum atomic E-state index is -0.972. The highest BCUT2D eigenvalue weighted by molar-refractivity contribution is 7.14. The number of aliphatic carboxylic acids is 1. The molecule has 100 valence electrons. The van der Waals surface area contributed by atoms with E-state index in [0.717, 1.165) is 24.1 Å². The number of unbranched alkanes of at least 4 members (excludes halogenated alkanes) is 2. The smallest absolute Gasteiger partial charge is 0.0964 e. The van der Waals surface area contributed by atoms with Crippen LogP contribution in [0.4, 0.5) is 0 Å². The van der Waals surface area contributed by atoms with Crippen molar-refractivity contribution in [2.75, 3.05) is 0 Å². The molecule has 1 heterocycles. The normalized spacial score (nSPS) is 11.7. The van der Waals surface area contributed by atoms with Gasteiger partial charge in [-0.25, -0.2) is 0 Å². The Labute approximate surface area is 111 Å². The average Bonchev–Trinajstić information content (AvgIpc) is 2.79. The van der Waals surface area contributed by atoms with Crippen molar-refractivity contribution in [3.8, 4) is 0 Å². The highest BCUT2D eigenvalue weighted by atomic mass is 32.1. The maximum absolute atomic E-state index is 10.2. The average molecular weight is 268 g/mol. The maximum atomic E-state index is 10.2. The van der Waals surface area contributed by atoms with E-state index in [1.54, 1.807) is 11.3 Å². The Hall–Kier alpha value is -1.36. The molecule has 0 fully saturated rings. The van der Waals surface area contributed by atoms with Gasteiger partial charge < -0.3 is 15.1 Å². The Morgan fingerprint density at radius 2 is 2.17 bits per heavy atom. The van der Waals surface area contributed by atoms with E-state index in [1.807, 2.05) is 19.1 Å². The highest BCUT2D eigenvalue weighted by Gasteiger charge is 2.05. The summed E-state index contributed by atoms with van der Waals surface area (Å²) in [7, 11) is 0. The molecule has 0 bridgehead atoms. The Bertz CT molecular complexity index is 412. The third-order valence-electron chi connectivity index (χ3n) is 2.71. The molecular weight excluding hydrogens is 250 g/mol. The second-order valence-corrected chi connectivity index (χ2v) is 5.27. The number of oxime groups is 1. The summed E-state index contributed by atoms with van der Waals surface area (Å²) in [6.45, 7) is 1.95. The van der Waals surface area contributed by atoms with Crippen molar-refractivity contribution in [2.24, 2.45) is 5.16 Å². The van der Waals surface area contributed by atoms with E-state index < -0.39 is 5.97 Å². The molecule has 1 rings (SSSR count). The molecule has 1 aromatic heterocycles. The predicted octanol–water partition coefficient (Wildman–Crippen LogP) is 2.19. The molecule has 5 heteroatoms. The zero-order valence-corrected chi connectivity index (χ0v) is 11.3. The molecule has 0 radical (unpaired) electrons. The number of hydrogen-bond donors (Lipinski definition) is 1. The van der Waals surface area contributed by atoms with Crippen molar-refractivity contribution in [3.63, 3.8) is 0 Å². The Morgan fingerprint density at radius 3 is 2.78 bits per heavy atom. The van der Waals surface area contributed by atoms with E-state index in [0.29, 0.717) is 18.6 Å². The molecule has 0 atom stereocenters. The molecule has 18 heavy (non-hydrogen) atoms. The number of hydrogen-bond acceptors (Lipinski definition) is 5. The van der Waals surface area contributed by atoms with Crippen LogP contribution in [0.2, 0.25) is 0 Å². The lowest BCUT2D eigenvalue weighted by Gasteiger charge is -2.01. The molecule has 4 nitrogen and oxygen atoms in total. The van der Waals surface area contributed by atoms with E-state index >= 15 is 0 Å². The van der Waals surface area contributed by atoms with Crippen LogP contribution in [0.3, 0.4) is 0 Å². The van der Waals surface area contributed by atoms with Gasteiger partial charge in [0, 0.05) is 10.8 Å². The molecule has 0 aliphatic heterocycles. The summed E-state index contributed by atoms with van der Waals surface area (Å²) in [5, 5.41) is 22.3. The summed E-state index contributed by atoms with van der Waals surface area (Å²) in [6, 6.07) is 4.01. The number of carbonyl (C=O) groups excluding carboxylic acids is 1. The van der Waals surface area contributed by atoms with Crippen LogP contribution in [0.1, 0.15) is 48.8 Å². The fourth-order valence-electron chi connectivity index (χ4n) is 1.71. The molecule has 0 aliphatic rings. The number of carboxylic acid groups (broad SMARTS) is 1. The summed E-state index contributed by atoms with van der Waals surface area (Å²) in [6.07, 6.45) is 4.36. The lowest BCUT2D eigenvalue weighted by atomic mass is 10.1. The summed E-state index contributed by atoms with van der Waals surface area (Å²) in [5.74, 6) is -0.972. The van der Waals surface area contributed by atoms with Gasteiger partial charge in [0.1, 0.15) is 0 Å². The van der Waals surface area contributed by atoms with E-state index in [2.05, 4.69) is 5.16 Å². The van der Waals surface area contributed by atoms with Crippen molar-refractivity contribution < 1.29 is 15.1 Å². The first-order valence-electron chi connectivity index (χ1n) is 6.17. The van der Waals surface area contributed by atoms with Crippen LogP contribution < -0.4 is 5.11 Å². The molecular formula is C13H18NO3S-. The van der Waals surface area contributed by atoms with Crippen LogP contribution in [0.5, 0.6) is 0 Å². The minimum absolute atomic E-state index is 0.146. The second kappa shape index (κ2) is 7.87. The van der Waals surface area contributed by atoms with Crippen LogP contribution >= 0.6 is 11.3 Å². The molecule has 1 N–H and O–H groups in total. The first-order chi connectivity index (χ1) is 8.67. The van der Waals surface area contributed by atoms with Gasteiger partial charge in [-0.15, -0.1) is 11.3 Å². The predicted molar refractivity (Wildman–Crippen MR) is 70.1 cm³/mol. The van der Waals surface area contributed by atoms with Crippen LogP contribution in [0.25, 0.3) is 0 Å². The number of thiophene rings is 1. The first-order valence-corrected chi connectivity index (χ1v) is 6.99. The molecule has 0 unspecified atom stereocenters. The van der Waals surface area contributed by atoms with Crippen molar-refractivity contribution in [3.05, 3.63) is 21.9 Å². The Balaban J connectivity index is 2.33. The molecule has 0 spiro atoms. The highest BCUT2D eigenvalue weighted by Crippen LogP contribution is 2.20. The van der Waals surface area contributed by atoms with Crippen molar-refractivity contribution in [1.82, 2.24) is 0 Å². The quantitative estimate of drug-likeness (QED) is 0.340. The third kappa shape index (κ3) is 4.87. The monoisotopic (exact) mass is 268 g/mol. The van der Waals surface area contributed by atoms with Crippen molar-refractivity contribution in [2.45, 2.75) is 45.4 Å². The number of rotatable bonds is 8. The van der Waals surface area contributed by atoms with Gasteiger partial charge in [0.15, 0.2) is 0 Å². The summed E-state index contributed by atoms with van der Waals surface area (Å²) in [5.41, 5.74) is 0.711. The lowest BCUT2D eigenvalue weighted by Crippen LogP contribution is -2.21. The second-order valence-electron chi connectivity index (χ2n) is 4.10. The van der Waals surface area contributed by atoms with E-state index in [4.69, 9.17) is 5.21 Å². The van der Waals surface area contributed by atoms with Gasteiger partial charge in [-0.05, 0) is 44.2 Å². The number of nitrogens with zero attached hydrogens (tertiary/aromatic N) is 1. The summed E-state index contributed by atoms with van der Waals surface area (Å²) in [4.78, 5) is 12.5. The Kier molecular flexibility index (Phi) is 6.43. The Morgan fingerprint density at radius 1 is 1.39 bits per heavy atom. The maximum Gasteiger partial charge on any atom is 0.0964 e. The van der Waals surface area contributed by atoms with Crippen molar-refractivity contribution in [1.29, 1.82) is 0 Å². The number of carboxylic acids is 1. The number of aryl methyl sites for hydroxylation is 1. The summed E-state index contributed by atoms with van der Waals surface area (Å²) >= 11 is 1.64. The zero-order chi connectivity index (χ0) is 13.4. The van der Waals surface area contributed by atoms with Crippen LogP contribution in [0.15, 0.2) is 17.3 Å². The van der Waals surface area contributed by atoms with Gasteiger partial charge >= 0.3 is 0 Å². The largest absolute Gasteiger partial charge is 0.550 e. The molecule has 0 amide bonds. The lowest BCUT2D eigenvalue weighted by molar-refractivity contribution is -0.305. The zero-order valence-electron chi connectivity index (χ0n) is 10.5. The van der Waals surface area contributed by atoms with Crippen molar-refractivity contribution >= 4 is 23.0 Å². The molecule has 0 saturated carbocycles. The molecule has 0 saturated heterocycles. The minimum Gasteiger partial charge on any atom is -0.550 e. The number of carbonyl (C=O) groups is 1. The van der Waals surface area contributed by atoms with Gasteiger partial charge in [-0.3, -0.25) is 0 Å². The fourth-order valence-corrected chi connectivity index (χ4v) is 2.81. The fraction of sp³-hybridized carbons (Fsp3) is 0.538. The first kappa shape index (κ1) is 14.7. The SMILES string of the molecule is CC/C(=N/O)c1ccc(CCCCCC(=O)[O-])s1. The van der Waals surface area contributed by atoms with Gasteiger partial charge in [0.2, 0.25) is 0 Å². The van der Waals surface area contributed by atoms with Gasteiger partial charge in [0.25, 0.3) is 0 Å². The van der Waals surface area contributed by atoms with Gasteiger partial charge in [-0.1, -0.05) is 18.5 Å². The van der Waals surface area contributed by atoms with Crippen LogP contribution in [-0.2, 0) is 11.2 Å².